The van der Waals surface area contributed by atoms with Crippen molar-refractivity contribution in [2.75, 3.05) is 72.7 Å². The zero-order valence-electron chi connectivity index (χ0n) is 66.0. The van der Waals surface area contributed by atoms with Crippen molar-refractivity contribution in [2.24, 2.45) is 0 Å². The summed E-state index contributed by atoms with van der Waals surface area (Å²) >= 11 is 0. The molecule has 0 aromatic rings. The second-order valence-corrected chi connectivity index (χ2v) is 30.7. The van der Waals surface area contributed by atoms with Crippen LogP contribution in [0.4, 0.5) is 0 Å². The van der Waals surface area contributed by atoms with Gasteiger partial charge in [-0.1, -0.05) is 0 Å². The molecule has 0 spiro atoms. The first-order valence-corrected chi connectivity index (χ1v) is 39.1. The summed E-state index contributed by atoms with van der Waals surface area (Å²) < 4.78 is 107. The second kappa shape index (κ2) is 45.7. The van der Waals surface area contributed by atoms with Crippen LogP contribution in [-0.2, 0) is 104 Å². The predicted octanol–water partition coefficient (Wildman–Crippen LogP) is -22.6. The lowest BCUT2D eigenvalue weighted by molar-refractivity contribution is -0.404. The normalized spacial score (nSPS) is 46.7. The van der Waals surface area contributed by atoms with E-state index in [1.165, 1.54) is 0 Å². The maximum absolute atomic E-state index is 13.3. The number of carbonyl (C=O) groups is 4. The Morgan fingerprint density at radius 3 is 0.902 bits per heavy atom. The average molecular weight is 1810 g/mol. The fourth-order valence-electron chi connectivity index (χ4n) is 15.5. The molecule has 0 radical (unpaired) electrons. The molecule has 0 unspecified atom stereocenters. The van der Waals surface area contributed by atoms with Crippen LogP contribution in [0.5, 0.6) is 0 Å². The highest BCUT2D eigenvalue weighted by Gasteiger charge is 2.62. The van der Waals surface area contributed by atoms with E-state index >= 15 is 0 Å². The van der Waals surface area contributed by atoms with Crippen molar-refractivity contribution in [2.45, 2.75) is 328 Å². The van der Waals surface area contributed by atoms with Gasteiger partial charge in [0.05, 0.1) is 78.7 Å². The highest BCUT2D eigenvalue weighted by molar-refractivity contribution is 5.74. The van der Waals surface area contributed by atoms with Crippen LogP contribution < -0.4 is 21.3 Å². The van der Waals surface area contributed by atoms with Gasteiger partial charge in [-0.2, -0.15) is 0 Å². The summed E-state index contributed by atoms with van der Waals surface area (Å²) in [5.41, 5.74) is 0. The minimum Gasteiger partial charge on any atom is -0.394 e. The summed E-state index contributed by atoms with van der Waals surface area (Å²) in [6.07, 6.45) is -97.9. The number of aliphatic hydroxyl groups is 29. The SMILES string of the molecule is CC(=O)N[C@H]1[C@H](O[C@@H]2[C@@H](O[C@@H]3[C@H](O)[C@H](O[C@@H]([C@H](O)[C@H](CO)NC(C)=O)[C@H](O)CO)O[C@H](CO[C@H]4O[C@H](CO)[C@@H](O)[C@H](O)[C@@H]4O[C@@H]4O[C@H](CO)[C@@H](O[C@@H]5O[C@H](CO)[C@H](O)[C@H](O)[C@H]5O)[C@H](O)[C@H]4NC(C)=O)[C@H]3O)O[C@H](CO)[C@@H](O[C@@H]3O[C@H](CO)[C@@H](O[C@@H]4O[C@H](CO)[C@H](O)[C@H](O)[C@H]4O)[C@H](O)[C@H]3NC(C)=O)[C@@H]2O)O[C@H](CO)[C@@H](O[C@@H]2O[C@H](CO)[C@H](O)[C@H](O)[C@H]2O)[C@@H]1O. The molecular formula is C68H116N4O51. The Morgan fingerprint density at radius 1 is 0.276 bits per heavy atom. The molecular weight excluding hydrogens is 1690 g/mol. The Morgan fingerprint density at radius 2 is 0.569 bits per heavy atom. The lowest BCUT2D eigenvalue weighted by Gasteiger charge is -2.52. The molecule has 49 atom stereocenters. The molecule has 0 bridgehead atoms. The highest BCUT2D eigenvalue weighted by Crippen LogP contribution is 2.41. The van der Waals surface area contributed by atoms with Crippen LogP contribution in [0.1, 0.15) is 27.7 Å². The standard InChI is InChI=1S/C68H116N4O51/c1-16(83)69-20(5-73)34(88)52(21(87)6-74)116-66-51(105)57(39(93)30(115-66)15-106-67-58(46(100)38(92)25(10-78)110-67)122-61-32(71-18(3)85)41(95)54(27(12-80)112-61)119-64-48(102)44(98)36(90)23(8-76)108-64)121-68-59(123-62-33(72-19(4)86)42(96)55(28(13-81)113-62)120-65-49(103)45(99)37(91)24(9-77)109-65)50(104)56(29(14-82)114-68)117-60-31(70-17(2)84)40(94)53(26(11-79)111-60)118-63-47(101)43(97)35(89)22(7-75)107-63/h20-68,73-82,87-105H,5-15H2,1-4H3,(H,69,83)(H,70,84)(H,71,85)(H,72,86)/t20-,21+,22+,23+,24+,25+,26+,27+,28+,29+,30+,31+,32+,33+,34+,35-,36-,37-,38+,39+,40+,41+,42+,43-,44-,45-,46-,47+,48+,49+,50-,51-,52+,53+,54+,55+,56+,57-,58-,59-,60-,61-,62-,63-,64-,65-,66-,67-,68+/m0/s1. The van der Waals surface area contributed by atoms with Crippen LogP contribution in [0.2, 0.25) is 0 Å². The number of amides is 4. The Labute approximate surface area is 696 Å². The van der Waals surface area contributed by atoms with Crippen molar-refractivity contribution in [1.82, 2.24) is 21.3 Å². The molecule has 33 N–H and O–H groups in total. The van der Waals surface area contributed by atoms with Crippen molar-refractivity contribution >= 4 is 23.6 Å². The molecule has 4 amide bonds. The minimum absolute atomic E-state index is 0.876. The van der Waals surface area contributed by atoms with E-state index in [-0.39, 0.29) is 0 Å². The smallest absolute Gasteiger partial charge is 0.217 e. The first kappa shape index (κ1) is 103. The van der Waals surface area contributed by atoms with Crippen molar-refractivity contribution in [3.05, 3.63) is 0 Å². The van der Waals surface area contributed by atoms with Crippen LogP contribution in [0, 0.1) is 0 Å². The molecule has 9 heterocycles. The van der Waals surface area contributed by atoms with E-state index in [4.69, 9.17) is 85.3 Å². The zero-order chi connectivity index (χ0) is 90.9. The topological polar surface area (TPSA) is 869 Å². The summed E-state index contributed by atoms with van der Waals surface area (Å²) in [5.74, 6) is -3.92. The molecule has 0 aromatic heterocycles. The van der Waals surface area contributed by atoms with Gasteiger partial charge in [0.25, 0.3) is 0 Å². The van der Waals surface area contributed by atoms with Gasteiger partial charge >= 0.3 is 0 Å². The molecule has 9 fully saturated rings. The third kappa shape index (κ3) is 23.3. The number of nitrogens with one attached hydrogen (secondary N) is 4. The molecule has 0 aromatic carbocycles. The monoisotopic (exact) mass is 1800 g/mol. The zero-order valence-corrected chi connectivity index (χ0v) is 66.0. The van der Waals surface area contributed by atoms with E-state index in [0.29, 0.717) is 0 Å². The minimum atomic E-state index is -2.71. The molecule has 9 saturated heterocycles. The van der Waals surface area contributed by atoms with Gasteiger partial charge < -0.3 is 255 Å². The molecule has 0 aliphatic carbocycles. The first-order chi connectivity index (χ1) is 58.2. The Bertz CT molecular complexity index is 3250. The Balaban J connectivity index is 1.10. The van der Waals surface area contributed by atoms with E-state index in [0.717, 1.165) is 27.7 Å². The van der Waals surface area contributed by atoms with E-state index in [2.05, 4.69) is 21.3 Å². The second-order valence-electron chi connectivity index (χ2n) is 30.7. The fourth-order valence-corrected chi connectivity index (χ4v) is 15.5. The van der Waals surface area contributed by atoms with E-state index in [1.54, 1.807) is 0 Å². The van der Waals surface area contributed by atoms with Gasteiger partial charge in [0.1, 0.15) is 238 Å². The van der Waals surface area contributed by atoms with Crippen molar-refractivity contribution < 1.29 is 253 Å². The predicted molar refractivity (Wildman–Crippen MR) is 378 cm³/mol. The van der Waals surface area contributed by atoms with Crippen LogP contribution in [0.25, 0.3) is 0 Å². The molecule has 55 nitrogen and oxygen atoms in total. The summed E-state index contributed by atoms with van der Waals surface area (Å²) in [7, 11) is 0. The largest absolute Gasteiger partial charge is 0.394 e. The van der Waals surface area contributed by atoms with E-state index in [9.17, 15) is 167 Å². The van der Waals surface area contributed by atoms with Crippen molar-refractivity contribution in [3.8, 4) is 0 Å². The van der Waals surface area contributed by atoms with Crippen molar-refractivity contribution in [1.29, 1.82) is 0 Å². The van der Waals surface area contributed by atoms with Gasteiger partial charge in [0.2, 0.25) is 23.6 Å². The lowest BCUT2D eigenvalue weighted by Crippen LogP contribution is -2.71. The quantitative estimate of drug-likeness (QED) is 0.0277. The average Bonchev–Trinajstić information content (AvgIpc) is 0.765. The fraction of sp³-hybridized carbons (Fsp3) is 0.941. The number of carbonyl (C=O) groups excluding carboxylic acids is 4. The Hall–Kier alpha value is -4.00. The van der Waals surface area contributed by atoms with Crippen LogP contribution in [-0.4, -0.2) is 545 Å². The van der Waals surface area contributed by atoms with Gasteiger partial charge in [-0.15, -0.1) is 0 Å². The molecule has 55 heteroatoms. The molecule has 9 rings (SSSR count). The number of hydrogen-bond donors (Lipinski definition) is 33. The number of aliphatic hydroxyl groups excluding tert-OH is 29. The summed E-state index contributed by atoms with van der Waals surface area (Å²) in [4.78, 5) is 51.7. The first-order valence-electron chi connectivity index (χ1n) is 39.1. The van der Waals surface area contributed by atoms with E-state index < -0.39 is 397 Å². The number of rotatable bonds is 36. The van der Waals surface area contributed by atoms with Gasteiger partial charge in [0, 0.05) is 27.7 Å². The van der Waals surface area contributed by atoms with Crippen molar-refractivity contribution in [3.63, 3.8) is 0 Å². The summed E-state index contributed by atoms with van der Waals surface area (Å²) in [6, 6.07) is -7.88. The third-order valence-corrected chi connectivity index (χ3v) is 22.1. The number of ether oxygens (including phenoxy) is 18. The summed E-state index contributed by atoms with van der Waals surface area (Å²) in [5, 5.41) is 331. The van der Waals surface area contributed by atoms with Crippen LogP contribution >= 0.6 is 0 Å². The van der Waals surface area contributed by atoms with Crippen LogP contribution in [0.3, 0.4) is 0 Å². The van der Waals surface area contributed by atoms with E-state index in [1.807, 2.05) is 0 Å². The summed E-state index contributed by atoms with van der Waals surface area (Å²) in [6.45, 7) is -9.24. The number of hydrogen-bond acceptors (Lipinski definition) is 51. The van der Waals surface area contributed by atoms with Gasteiger partial charge in [-0.3, -0.25) is 19.2 Å². The Kier molecular flexibility index (Phi) is 38.2. The maximum atomic E-state index is 13.3. The van der Waals surface area contributed by atoms with Gasteiger partial charge in [-0.05, 0) is 0 Å². The van der Waals surface area contributed by atoms with Crippen LogP contribution in [0.15, 0.2) is 0 Å². The molecule has 714 valence electrons. The molecule has 123 heavy (non-hydrogen) atoms. The lowest BCUT2D eigenvalue weighted by atomic mass is 9.93. The highest BCUT2D eigenvalue weighted by atomic mass is 16.8. The third-order valence-electron chi connectivity index (χ3n) is 22.1. The molecule has 0 saturated carbocycles. The van der Waals surface area contributed by atoms with Gasteiger partial charge in [0.15, 0.2) is 56.6 Å². The van der Waals surface area contributed by atoms with Gasteiger partial charge in [-0.25, -0.2) is 0 Å². The maximum Gasteiger partial charge on any atom is 0.217 e. The molecule has 9 aliphatic rings. The molecule has 9 aliphatic heterocycles.